The lowest BCUT2D eigenvalue weighted by Gasteiger charge is -2.30. The molecule has 2 amide bonds. The van der Waals surface area contributed by atoms with E-state index < -0.39 is 41.7 Å². The summed E-state index contributed by atoms with van der Waals surface area (Å²) in [6, 6.07) is 7.22. The lowest BCUT2D eigenvalue weighted by Crippen LogP contribution is -2.55. The number of halogens is 4. The van der Waals surface area contributed by atoms with Gasteiger partial charge >= 0.3 is 6.18 Å². The fraction of sp³-hybridized carbons (Fsp3) is 0.448. The highest BCUT2D eigenvalue weighted by Crippen LogP contribution is 2.29. The van der Waals surface area contributed by atoms with Crippen LogP contribution in [0.25, 0.3) is 0 Å². The number of carbonyl (C=O) groups excluding carboxylic acids is 2. The third-order valence-electron chi connectivity index (χ3n) is 6.70. The first-order valence-corrected chi connectivity index (χ1v) is 12.9. The third-order valence-corrected chi connectivity index (χ3v) is 6.70. The normalized spacial score (nSPS) is 20.0. The third kappa shape index (κ3) is 8.69. The highest BCUT2D eigenvalue weighted by atomic mass is 19.4. The number of carbonyl (C=O) groups is 2. The molecule has 2 heterocycles. The summed E-state index contributed by atoms with van der Waals surface area (Å²) in [4.78, 5) is 27.3. The number of terminal acetylenes is 1. The van der Waals surface area contributed by atoms with E-state index in [-0.39, 0.29) is 50.6 Å². The van der Waals surface area contributed by atoms with Gasteiger partial charge in [0.15, 0.2) is 11.6 Å². The Kier molecular flexibility index (Phi) is 10.9. The molecule has 3 N–H and O–H groups in total. The molecule has 2 aromatic carbocycles. The fourth-order valence-corrected chi connectivity index (χ4v) is 4.40. The number of hydrogen-bond donors (Lipinski definition) is 3. The zero-order valence-electron chi connectivity index (χ0n) is 22.1. The first-order chi connectivity index (χ1) is 19.0. The molecular formula is C29H33F4N3O4. The van der Waals surface area contributed by atoms with Crippen LogP contribution in [0.2, 0.25) is 0 Å². The molecule has 216 valence electrons. The van der Waals surface area contributed by atoms with Crippen LogP contribution >= 0.6 is 0 Å². The quantitative estimate of drug-likeness (QED) is 0.370. The summed E-state index contributed by atoms with van der Waals surface area (Å²) in [5, 5.41) is 16.7. The van der Waals surface area contributed by atoms with E-state index >= 15 is 0 Å². The van der Waals surface area contributed by atoms with Gasteiger partial charge in [0.1, 0.15) is 6.04 Å². The Morgan fingerprint density at radius 1 is 1.23 bits per heavy atom. The van der Waals surface area contributed by atoms with Crippen LogP contribution in [0.4, 0.5) is 17.6 Å². The molecule has 0 fully saturated rings. The van der Waals surface area contributed by atoms with Crippen molar-refractivity contribution in [2.45, 2.75) is 63.0 Å². The van der Waals surface area contributed by atoms with E-state index in [1.807, 2.05) is 0 Å². The van der Waals surface area contributed by atoms with Crippen LogP contribution in [0.15, 0.2) is 42.5 Å². The van der Waals surface area contributed by atoms with E-state index in [4.69, 9.17) is 11.2 Å². The number of hydrogen-bond acceptors (Lipinski definition) is 5. The minimum Gasteiger partial charge on any atom is -0.491 e. The monoisotopic (exact) mass is 563 g/mol. The summed E-state index contributed by atoms with van der Waals surface area (Å²) < 4.78 is 59.3. The minimum atomic E-state index is -4.48. The van der Waals surface area contributed by atoms with Crippen molar-refractivity contribution in [1.29, 1.82) is 0 Å². The highest BCUT2D eigenvalue weighted by molar-refractivity contribution is 5.88. The van der Waals surface area contributed by atoms with Crippen LogP contribution < -0.4 is 15.4 Å². The smallest absolute Gasteiger partial charge is 0.416 e. The van der Waals surface area contributed by atoms with Crippen LogP contribution in [-0.2, 0) is 28.7 Å². The standard InChI is InChI=1S/C29H33F4N3O4/c1-3-7-24-28(39)35-23(25(37)18-34-17-20-8-6-9-21(14-20)29(31,32)33)16-19-11-12-26(22(30)15-19)40-13-5-4-10-27(38)36(24)2/h1,6,8-9,11-12,14-15,23-25,34,37H,4-5,7,10,13,16-18H2,2H3,(H,35,39)/t23?,24?,25-/m1/s1. The van der Waals surface area contributed by atoms with Gasteiger partial charge in [0, 0.05) is 33.0 Å². The summed E-state index contributed by atoms with van der Waals surface area (Å²) in [7, 11) is 1.49. The molecule has 2 unspecified atom stereocenters. The van der Waals surface area contributed by atoms with Crippen molar-refractivity contribution in [3.05, 3.63) is 65.0 Å². The van der Waals surface area contributed by atoms with Gasteiger partial charge in [-0.2, -0.15) is 13.2 Å². The number of nitrogens with one attached hydrogen (secondary N) is 2. The Morgan fingerprint density at radius 2 is 2.00 bits per heavy atom. The second-order valence-electron chi connectivity index (χ2n) is 9.71. The number of alkyl halides is 3. The van der Waals surface area contributed by atoms with Gasteiger partial charge < -0.3 is 25.4 Å². The van der Waals surface area contributed by atoms with Gasteiger partial charge in [0.05, 0.1) is 24.3 Å². The summed E-state index contributed by atoms with van der Waals surface area (Å²) >= 11 is 0. The van der Waals surface area contributed by atoms with Gasteiger partial charge in [-0.3, -0.25) is 9.59 Å². The SMILES string of the molecule is C#CCC1C(=O)NC([C@H](O)CNCc2cccc(C(F)(F)F)c2)Cc2ccc(c(F)c2)OCCCCC(=O)N1C. The van der Waals surface area contributed by atoms with Gasteiger partial charge in [0.2, 0.25) is 11.8 Å². The molecule has 0 aromatic heterocycles. The average Bonchev–Trinajstić information content (AvgIpc) is 2.90. The van der Waals surface area contributed by atoms with Gasteiger partial charge in [-0.15, -0.1) is 12.3 Å². The maximum Gasteiger partial charge on any atom is 0.416 e. The summed E-state index contributed by atoms with van der Waals surface area (Å²) in [6.45, 7) is 0.138. The molecule has 2 aliphatic rings. The van der Waals surface area contributed by atoms with E-state index in [2.05, 4.69) is 16.6 Å². The summed E-state index contributed by atoms with van der Waals surface area (Å²) in [5.41, 5.74) is 0.0397. The second kappa shape index (κ2) is 14.1. The lowest BCUT2D eigenvalue weighted by atomic mass is 9.99. The molecule has 2 aliphatic heterocycles. The summed E-state index contributed by atoms with van der Waals surface area (Å²) in [6.07, 6.45) is 0.839. The number of ether oxygens (including phenoxy) is 1. The molecule has 40 heavy (non-hydrogen) atoms. The average molecular weight is 564 g/mol. The highest BCUT2D eigenvalue weighted by Gasteiger charge is 2.31. The maximum absolute atomic E-state index is 14.7. The zero-order valence-corrected chi connectivity index (χ0v) is 22.1. The molecule has 0 saturated carbocycles. The number of aliphatic hydroxyl groups excluding tert-OH is 1. The van der Waals surface area contributed by atoms with Crippen molar-refractivity contribution in [2.75, 3.05) is 20.2 Å². The van der Waals surface area contributed by atoms with E-state index in [0.717, 1.165) is 12.1 Å². The molecular weight excluding hydrogens is 530 g/mol. The number of likely N-dealkylation sites (N-methyl/N-ethyl adjacent to an activating group) is 1. The molecule has 7 nitrogen and oxygen atoms in total. The topological polar surface area (TPSA) is 90.9 Å². The number of nitrogens with zero attached hydrogens (tertiary/aromatic N) is 1. The van der Waals surface area contributed by atoms with Crippen LogP contribution in [-0.4, -0.2) is 60.2 Å². The molecule has 4 rings (SSSR count). The largest absolute Gasteiger partial charge is 0.491 e. The number of rotatable bonds is 6. The zero-order chi connectivity index (χ0) is 29.3. The van der Waals surface area contributed by atoms with Gasteiger partial charge in [0.25, 0.3) is 0 Å². The predicted molar refractivity (Wildman–Crippen MR) is 141 cm³/mol. The lowest BCUT2D eigenvalue weighted by molar-refractivity contribution is -0.139. The Labute approximate surface area is 230 Å². The first kappa shape index (κ1) is 30.9. The number of aliphatic hydroxyl groups is 1. The van der Waals surface area contributed by atoms with Gasteiger partial charge in [-0.25, -0.2) is 4.39 Å². The van der Waals surface area contributed by atoms with Crippen molar-refractivity contribution < 1.29 is 37.0 Å². The van der Waals surface area contributed by atoms with Crippen molar-refractivity contribution in [2.24, 2.45) is 0 Å². The maximum atomic E-state index is 14.7. The Morgan fingerprint density at radius 3 is 2.70 bits per heavy atom. The minimum absolute atomic E-state index is 0.0236. The van der Waals surface area contributed by atoms with Crippen LogP contribution in [0, 0.1) is 18.2 Å². The van der Waals surface area contributed by atoms with Crippen LogP contribution in [0.5, 0.6) is 5.75 Å². The van der Waals surface area contributed by atoms with Crippen molar-refractivity contribution >= 4 is 11.8 Å². The summed E-state index contributed by atoms with van der Waals surface area (Å²) in [5.74, 6) is 0.982. The van der Waals surface area contributed by atoms with Crippen LogP contribution in [0.3, 0.4) is 0 Å². The molecule has 0 spiro atoms. The van der Waals surface area contributed by atoms with E-state index in [0.29, 0.717) is 24.0 Å². The van der Waals surface area contributed by atoms with Crippen molar-refractivity contribution in [1.82, 2.24) is 15.5 Å². The van der Waals surface area contributed by atoms with Gasteiger partial charge in [-0.1, -0.05) is 24.3 Å². The first-order valence-electron chi connectivity index (χ1n) is 12.9. The second-order valence-corrected chi connectivity index (χ2v) is 9.71. The molecule has 2 aromatic rings. The number of benzene rings is 2. The van der Waals surface area contributed by atoms with Crippen LogP contribution in [0.1, 0.15) is 42.4 Å². The van der Waals surface area contributed by atoms with E-state index in [1.165, 1.54) is 36.2 Å². The Balaban J connectivity index is 1.80. The van der Waals surface area contributed by atoms with Crippen molar-refractivity contribution in [3.8, 4) is 18.1 Å². The number of amides is 2. The molecule has 0 aliphatic carbocycles. The van der Waals surface area contributed by atoms with E-state index in [9.17, 15) is 32.3 Å². The fourth-order valence-electron chi connectivity index (χ4n) is 4.40. The molecule has 2 bridgehead atoms. The van der Waals surface area contributed by atoms with E-state index in [1.54, 1.807) is 6.07 Å². The Bertz CT molecular complexity index is 1210. The molecule has 3 atom stereocenters. The van der Waals surface area contributed by atoms with Gasteiger partial charge in [-0.05, 0) is 48.6 Å². The molecule has 11 heteroatoms. The molecule has 0 radical (unpaired) electrons. The Hall–Kier alpha value is -3.62. The molecule has 0 saturated heterocycles. The van der Waals surface area contributed by atoms with Crippen molar-refractivity contribution in [3.63, 3.8) is 0 Å². The number of fused-ring (bicyclic) bond motifs is 13. The predicted octanol–water partition coefficient (Wildman–Crippen LogP) is 3.44.